The summed E-state index contributed by atoms with van der Waals surface area (Å²) < 4.78 is 5.44. The molecule has 5 nitrogen and oxygen atoms in total. The van der Waals surface area contributed by atoms with Crippen LogP contribution in [0.5, 0.6) is 0 Å². The van der Waals surface area contributed by atoms with Crippen LogP contribution >= 0.6 is 0 Å². The number of nitrogens with zero attached hydrogens (tertiary/aromatic N) is 2. The van der Waals surface area contributed by atoms with E-state index in [2.05, 4.69) is 17.2 Å². The summed E-state index contributed by atoms with van der Waals surface area (Å²) in [4.78, 5) is 18.4. The number of hydrogen-bond donors (Lipinski definition) is 1. The molecule has 120 valence electrons. The highest BCUT2D eigenvalue weighted by atomic mass is 16.6. The summed E-state index contributed by atoms with van der Waals surface area (Å²) in [5.41, 5.74) is -0.446. The molecule has 2 atom stereocenters. The van der Waals surface area contributed by atoms with Crippen LogP contribution in [0.25, 0.3) is 0 Å². The molecule has 0 aromatic heterocycles. The SMILES string of the molecule is CC1CCCC(NC2=NCCN(C(=O)OC(C)(C)C)C2)C1. The maximum absolute atomic E-state index is 12.1. The van der Waals surface area contributed by atoms with Gasteiger partial charge in [-0.15, -0.1) is 0 Å². The van der Waals surface area contributed by atoms with Crippen molar-refractivity contribution in [3.8, 4) is 0 Å². The molecule has 0 aromatic rings. The van der Waals surface area contributed by atoms with Crippen LogP contribution in [0.2, 0.25) is 0 Å². The maximum Gasteiger partial charge on any atom is 0.410 e. The predicted molar refractivity (Wildman–Crippen MR) is 84.7 cm³/mol. The van der Waals surface area contributed by atoms with Crippen LogP contribution in [0, 0.1) is 5.92 Å². The number of nitrogens with one attached hydrogen (secondary N) is 1. The number of hydrogen-bond acceptors (Lipinski definition) is 4. The van der Waals surface area contributed by atoms with Gasteiger partial charge in [0, 0.05) is 12.6 Å². The van der Waals surface area contributed by atoms with Crippen molar-refractivity contribution in [2.45, 2.75) is 65.0 Å². The first-order valence-corrected chi connectivity index (χ1v) is 8.11. The molecule has 1 aliphatic carbocycles. The quantitative estimate of drug-likeness (QED) is 0.809. The van der Waals surface area contributed by atoms with Gasteiger partial charge in [-0.2, -0.15) is 0 Å². The summed E-state index contributed by atoms with van der Waals surface area (Å²) >= 11 is 0. The number of amides is 1. The van der Waals surface area contributed by atoms with Gasteiger partial charge in [-0.05, 0) is 39.5 Å². The van der Waals surface area contributed by atoms with E-state index in [1.807, 2.05) is 20.8 Å². The zero-order chi connectivity index (χ0) is 15.5. The summed E-state index contributed by atoms with van der Waals surface area (Å²) in [6.45, 7) is 9.83. The van der Waals surface area contributed by atoms with Crippen molar-refractivity contribution in [2.75, 3.05) is 19.6 Å². The lowest BCUT2D eigenvalue weighted by atomic mass is 9.87. The molecule has 0 saturated heterocycles. The van der Waals surface area contributed by atoms with Crippen LogP contribution in [0.3, 0.4) is 0 Å². The summed E-state index contributed by atoms with van der Waals surface area (Å²) in [5, 5.41) is 3.54. The summed E-state index contributed by atoms with van der Waals surface area (Å²) in [6, 6.07) is 0.506. The minimum absolute atomic E-state index is 0.242. The Bertz CT molecular complexity index is 401. The number of ether oxygens (including phenoxy) is 1. The third kappa shape index (κ3) is 5.21. The van der Waals surface area contributed by atoms with Crippen molar-refractivity contribution >= 4 is 11.9 Å². The first-order valence-electron chi connectivity index (χ1n) is 8.11. The molecule has 1 saturated carbocycles. The average molecular weight is 295 g/mol. The Hall–Kier alpha value is -1.26. The van der Waals surface area contributed by atoms with E-state index in [1.165, 1.54) is 25.7 Å². The van der Waals surface area contributed by atoms with E-state index in [0.717, 1.165) is 11.8 Å². The zero-order valence-corrected chi connectivity index (χ0v) is 13.8. The molecule has 0 bridgehead atoms. The molecule has 2 unspecified atom stereocenters. The number of carbonyl (C=O) groups excluding carboxylic acids is 1. The molecule has 0 radical (unpaired) electrons. The number of aliphatic imine (C=N–C) groups is 1. The summed E-state index contributed by atoms with van der Waals surface area (Å²) in [7, 11) is 0. The van der Waals surface area contributed by atoms with Gasteiger partial charge in [-0.1, -0.05) is 19.8 Å². The van der Waals surface area contributed by atoms with Crippen LogP contribution in [0.15, 0.2) is 4.99 Å². The van der Waals surface area contributed by atoms with Crippen LogP contribution in [-0.2, 0) is 4.74 Å². The van der Waals surface area contributed by atoms with Gasteiger partial charge in [-0.25, -0.2) is 4.79 Å². The van der Waals surface area contributed by atoms with Crippen LogP contribution in [0.4, 0.5) is 4.79 Å². The Morgan fingerprint density at radius 3 is 2.81 bits per heavy atom. The lowest BCUT2D eigenvalue weighted by molar-refractivity contribution is 0.0275. The van der Waals surface area contributed by atoms with Gasteiger partial charge in [0.1, 0.15) is 11.4 Å². The van der Waals surface area contributed by atoms with Gasteiger partial charge < -0.3 is 10.1 Å². The largest absolute Gasteiger partial charge is 0.444 e. The van der Waals surface area contributed by atoms with E-state index >= 15 is 0 Å². The topological polar surface area (TPSA) is 53.9 Å². The highest BCUT2D eigenvalue weighted by Gasteiger charge is 2.26. The Labute approximate surface area is 128 Å². The highest BCUT2D eigenvalue weighted by Crippen LogP contribution is 2.23. The van der Waals surface area contributed by atoms with E-state index in [-0.39, 0.29) is 6.09 Å². The van der Waals surface area contributed by atoms with Gasteiger partial charge in [0.05, 0.1) is 13.1 Å². The van der Waals surface area contributed by atoms with Crippen molar-refractivity contribution in [1.82, 2.24) is 10.2 Å². The van der Waals surface area contributed by atoms with E-state index in [1.54, 1.807) is 4.90 Å². The molecule has 2 rings (SSSR count). The Kier molecular flexibility index (Phi) is 5.12. The first-order chi connectivity index (χ1) is 9.83. The molecular formula is C16H29N3O2. The minimum atomic E-state index is -0.446. The number of rotatable bonds is 1. The smallest absolute Gasteiger partial charge is 0.410 e. The molecule has 1 N–H and O–H groups in total. The standard InChI is InChI=1S/C16H29N3O2/c1-12-6-5-7-13(10-12)18-14-11-19(9-8-17-14)15(20)21-16(2,3)4/h12-13H,5-11H2,1-4H3,(H,17,18). The second-order valence-electron chi connectivity index (χ2n) is 7.34. The van der Waals surface area contributed by atoms with Crippen molar-refractivity contribution in [2.24, 2.45) is 10.9 Å². The molecule has 1 heterocycles. The van der Waals surface area contributed by atoms with E-state index < -0.39 is 5.60 Å². The van der Waals surface area contributed by atoms with Crippen LogP contribution in [0.1, 0.15) is 53.4 Å². The van der Waals surface area contributed by atoms with Crippen LogP contribution in [-0.4, -0.2) is 48.1 Å². The Balaban J connectivity index is 1.85. The van der Waals surface area contributed by atoms with Crippen molar-refractivity contribution < 1.29 is 9.53 Å². The van der Waals surface area contributed by atoms with Gasteiger partial charge >= 0.3 is 6.09 Å². The molecule has 1 aliphatic heterocycles. The van der Waals surface area contributed by atoms with E-state index in [4.69, 9.17) is 4.74 Å². The van der Waals surface area contributed by atoms with Crippen molar-refractivity contribution in [3.63, 3.8) is 0 Å². The Morgan fingerprint density at radius 1 is 1.38 bits per heavy atom. The third-order valence-electron chi connectivity index (χ3n) is 3.97. The van der Waals surface area contributed by atoms with Gasteiger partial charge in [-0.3, -0.25) is 9.89 Å². The van der Waals surface area contributed by atoms with Gasteiger partial charge in [0.15, 0.2) is 0 Å². The monoisotopic (exact) mass is 295 g/mol. The summed E-state index contributed by atoms with van der Waals surface area (Å²) in [5.74, 6) is 1.72. The fourth-order valence-corrected chi connectivity index (χ4v) is 2.99. The van der Waals surface area contributed by atoms with Gasteiger partial charge in [0.25, 0.3) is 0 Å². The predicted octanol–water partition coefficient (Wildman–Crippen LogP) is 2.80. The number of amidine groups is 1. The second-order valence-corrected chi connectivity index (χ2v) is 7.34. The molecule has 0 spiro atoms. The summed E-state index contributed by atoms with van der Waals surface area (Å²) in [6.07, 6.45) is 4.77. The normalized spacial score (nSPS) is 27.0. The van der Waals surface area contributed by atoms with E-state index in [9.17, 15) is 4.79 Å². The molecule has 5 heteroatoms. The zero-order valence-electron chi connectivity index (χ0n) is 13.8. The maximum atomic E-state index is 12.1. The number of carbonyl (C=O) groups is 1. The average Bonchev–Trinajstić information content (AvgIpc) is 2.37. The molecule has 0 aromatic carbocycles. The van der Waals surface area contributed by atoms with Gasteiger partial charge in [0.2, 0.25) is 0 Å². The molecule has 2 aliphatic rings. The minimum Gasteiger partial charge on any atom is -0.444 e. The first kappa shape index (κ1) is 16.1. The molecule has 21 heavy (non-hydrogen) atoms. The second kappa shape index (κ2) is 6.67. The molecular weight excluding hydrogens is 266 g/mol. The van der Waals surface area contributed by atoms with E-state index in [0.29, 0.717) is 25.7 Å². The lowest BCUT2D eigenvalue weighted by Crippen LogP contribution is -2.50. The lowest BCUT2D eigenvalue weighted by Gasteiger charge is -2.33. The fraction of sp³-hybridized carbons (Fsp3) is 0.875. The third-order valence-corrected chi connectivity index (χ3v) is 3.97. The highest BCUT2D eigenvalue weighted by molar-refractivity contribution is 5.88. The van der Waals surface area contributed by atoms with Crippen molar-refractivity contribution in [1.29, 1.82) is 0 Å². The van der Waals surface area contributed by atoms with Crippen LogP contribution < -0.4 is 5.32 Å². The molecule has 1 amide bonds. The fourth-order valence-electron chi connectivity index (χ4n) is 2.99. The van der Waals surface area contributed by atoms with Crippen molar-refractivity contribution in [3.05, 3.63) is 0 Å². The molecule has 1 fully saturated rings. The Morgan fingerprint density at radius 2 is 2.14 bits per heavy atom.